The lowest BCUT2D eigenvalue weighted by molar-refractivity contribution is -0.232. The predicted octanol–water partition coefficient (Wildman–Crippen LogP) is 9.17. The minimum atomic E-state index is -0.463. The van der Waals surface area contributed by atoms with Gasteiger partial charge in [-0.05, 0) is 184 Å². The molecule has 0 aromatic carbocycles. The SMILES string of the molecule is C[C@@]12CCC[C@H]1[C@@H]1CCC3CCCC(C4(O)CC[C@H]5[C@@H]6CCC7CC(O)CC[C@]7(C)[C@@H]6CC[C@@]54C)[C@]3(C)[C@@H]1CC2. The van der Waals surface area contributed by atoms with Crippen LogP contribution in [0.4, 0.5) is 0 Å². The molecule has 0 saturated heterocycles. The van der Waals surface area contributed by atoms with Crippen LogP contribution in [0.3, 0.4) is 0 Å². The highest BCUT2D eigenvalue weighted by Gasteiger charge is 2.71. The second kappa shape index (κ2) is 8.99. The van der Waals surface area contributed by atoms with E-state index < -0.39 is 5.60 Å². The summed E-state index contributed by atoms with van der Waals surface area (Å²) in [5, 5.41) is 23.9. The van der Waals surface area contributed by atoms with Crippen molar-refractivity contribution in [2.24, 2.45) is 74.9 Å². The number of aliphatic hydroxyl groups is 2. The van der Waals surface area contributed by atoms with Crippen molar-refractivity contribution in [1.29, 1.82) is 0 Å². The van der Waals surface area contributed by atoms with Crippen LogP contribution < -0.4 is 0 Å². The molecule has 0 heterocycles. The molecule has 0 spiro atoms. The minimum absolute atomic E-state index is 0.0544. The van der Waals surface area contributed by atoms with Crippen molar-refractivity contribution in [2.75, 3.05) is 0 Å². The molecule has 40 heavy (non-hydrogen) atoms. The van der Waals surface area contributed by atoms with Gasteiger partial charge in [-0.15, -0.1) is 0 Å². The first-order valence-corrected chi connectivity index (χ1v) is 18.4. The Morgan fingerprint density at radius 3 is 2.10 bits per heavy atom. The summed E-state index contributed by atoms with van der Waals surface area (Å²) in [7, 11) is 0. The molecule has 0 radical (unpaired) electrons. The monoisotopic (exact) mass is 550 g/mol. The van der Waals surface area contributed by atoms with Crippen molar-refractivity contribution in [3.05, 3.63) is 0 Å². The summed E-state index contributed by atoms with van der Waals surface area (Å²) in [4.78, 5) is 0. The second-order valence-electron chi connectivity index (χ2n) is 18.6. The van der Waals surface area contributed by atoms with E-state index in [-0.39, 0.29) is 11.5 Å². The van der Waals surface area contributed by atoms with Crippen molar-refractivity contribution >= 4 is 0 Å². The van der Waals surface area contributed by atoms with Gasteiger partial charge in [-0.3, -0.25) is 0 Å². The molecule has 0 bridgehead atoms. The van der Waals surface area contributed by atoms with Crippen LogP contribution >= 0.6 is 0 Å². The quantitative estimate of drug-likeness (QED) is 0.342. The molecule has 5 unspecified atom stereocenters. The van der Waals surface area contributed by atoms with Gasteiger partial charge in [-0.25, -0.2) is 0 Å². The van der Waals surface area contributed by atoms with Crippen LogP contribution in [-0.4, -0.2) is 21.9 Å². The van der Waals surface area contributed by atoms with Crippen LogP contribution in [0.25, 0.3) is 0 Å². The second-order valence-corrected chi connectivity index (χ2v) is 18.6. The van der Waals surface area contributed by atoms with Crippen LogP contribution in [0.5, 0.6) is 0 Å². The Kier molecular flexibility index (Phi) is 6.17. The Balaban J connectivity index is 1.12. The largest absolute Gasteiger partial charge is 0.393 e. The molecule has 0 aromatic rings. The van der Waals surface area contributed by atoms with E-state index in [1.807, 2.05) is 0 Å². The molecular formula is C38H62O2. The van der Waals surface area contributed by atoms with Gasteiger partial charge >= 0.3 is 0 Å². The summed E-state index contributed by atoms with van der Waals surface area (Å²) in [6.45, 7) is 10.7. The van der Waals surface area contributed by atoms with Crippen molar-refractivity contribution in [1.82, 2.24) is 0 Å². The van der Waals surface area contributed by atoms with Gasteiger partial charge in [0.25, 0.3) is 0 Å². The average molecular weight is 551 g/mol. The van der Waals surface area contributed by atoms with Gasteiger partial charge in [0.05, 0.1) is 11.7 Å². The van der Waals surface area contributed by atoms with Gasteiger partial charge in [0.2, 0.25) is 0 Å². The molecule has 8 rings (SSSR count). The fourth-order valence-electron chi connectivity index (χ4n) is 16.0. The number of fused-ring (bicyclic) bond motifs is 10. The summed E-state index contributed by atoms with van der Waals surface area (Å²) in [5.74, 6) is 7.21. The van der Waals surface area contributed by atoms with Crippen molar-refractivity contribution in [3.8, 4) is 0 Å². The molecule has 15 atom stereocenters. The molecule has 2 N–H and O–H groups in total. The fraction of sp³-hybridized carbons (Fsp3) is 1.00. The Labute approximate surface area is 246 Å². The topological polar surface area (TPSA) is 40.5 Å². The Hall–Kier alpha value is -0.0800. The van der Waals surface area contributed by atoms with Gasteiger partial charge < -0.3 is 10.2 Å². The molecule has 8 saturated carbocycles. The molecule has 8 fully saturated rings. The van der Waals surface area contributed by atoms with Gasteiger partial charge in [-0.2, -0.15) is 0 Å². The molecule has 8 aliphatic carbocycles. The summed E-state index contributed by atoms with van der Waals surface area (Å²) >= 11 is 0. The first kappa shape index (κ1) is 27.5. The van der Waals surface area contributed by atoms with Gasteiger partial charge in [0.1, 0.15) is 0 Å². The van der Waals surface area contributed by atoms with E-state index >= 15 is 0 Å². The summed E-state index contributed by atoms with van der Waals surface area (Å²) in [6, 6.07) is 0. The number of hydrogen-bond donors (Lipinski definition) is 2. The molecule has 226 valence electrons. The van der Waals surface area contributed by atoms with E-state index in [9.17, 15) is 10.2 Å². The average Bonchev–Trinajstić information content (AvgIpc) is 3.46. The van der Waals surface area contributed by atoms with Crippen LogP contribution in [0, 0.1) is 74.9 Å². The van der Waals surface area contributed by atoms with E-state index in [0.29, 0.717) is 28.1 Å². The zero-order chi connectivity index (χ0) is 27.7. The highest BCUT2D eigenvalue weighted by Crippen LogP contribution is 2.74. The Morgan fingerprint density at radius 2 is 1.27 bits per heavy atom. The van der Waals surface area contributed by atoms with Crippen molar-refractivity contribution < 1.29 is 10.2 Å². The lowest BCUT2D eigenvalue weighted by atomic mass is 9.38. The molecule has 2 nitrogen and oxygen atoms in total. The third-order valence-electron chi connectivity index (χ3n) is 18.0. The summed E-state index contributed by atoms with van der Waals surface area (Å²) < 4.78 is 0. The lowest BCUT2D eigenvalue weighted by Crippen LogP contribution is -2.65. The number of aliphatic hydroxyl groups excluding tert-OH is 1. The first-order chi connectivity index (χ1) is 19.0. The Bertz CT molecular complexity index is 1010. The zero-order valence-corrected chi connectivity index (χ0v) is 26.6. The maximum Gasteiger partial charge on any atom is 0.0737 e. The van der Waals surface area contributed by atoms with Crippen molar-refractivity contribution in [3.63, 3.8) is 0 Å². The maximum atomic E-state index is 13.4. The molecule has 8 aliphatic rings. The van der Waals surface area contributed by atoms with Crippen LogP contribution in [-0.2, 0) is 0 Å². The number of rotatable bonds is 1. The third kappa shape index (κ3) is 3.37. The van der Waals surface area contributed by atoms with Crippen LogP contribution in [0.15, 0.2) is 0 Å². The zero-order valence-electron chi connectivity index (χ0n) is 26.6. The standard InChI is InChI=1S/C38H62O2/c1-34-18-6-8-29(34)27-12-10-24-7-5-9-33(37(24,4)32(27)15-19-34)38(40)22-17-31-28-13-11-25-23-26(39)14-20-35(25,2)30(28)16-21-36(31,38)3/h24-33,39-40H,5-23H2,1-4H3/t24?,25?,26?,27-,28+,29-,30+,31-,32+,33?,34-,35-,36-,37-,38?/m0/s1. The third-order valence-corrected chi connectivity index (χ3v) is 18.0. The number of hydrogen-bond acceptors (Lipinski definition) is 2. The van der Waals surface area contributed by atoms with Crippen LogP contribution in [0.1, 0.15) is 150 Å². The van der Waals surface area contributed by atoms with Gasteiger partial charge in [0, 0.05) is 0 Å². The smallest absolute Gasteiger partial charge is 0.0737 e. The van der Waals surface area contributed by atoms with E-state index in [4.69, 9.17) is 0 Å². The van der Waals surface area contributed by atoms with E-state index in [0.717, 1.165) is 60.7 Å². The molecule has 0 aliphatic heterocycles. The maximum absolute atomic E-state index is 13.4. The highest BCUT2D eigenvalue weighted by atomic mass is 16.3. The summed E-state index contributed by atoms with van der Waals surface area (Å²) in [5.41, 5.74) is 1.04. The molecule has 0 aromatic heterocycles. The molecular weight excluding hydrogens is 488 g/mol. The van der Waals surface area contributed by atoms with E-state index in [1.165, 1.54) is 103 Å². The van der Waals surface area contributed by atoms with Crippen molar-refractivity contribution in [2.45, 2.75) is 161 Å². The van der Waals surface area contributed by atoms with E-state index in [2.05, 4.69) is 27.7 Å². The van der Waals surface area contributed by atoms with Crippen LogP contribution in [0.2, 0.25) is 0 Å². The lowest BCUT2D eigenvalue weighted by Gasteiger charge is -2.67. The van der Waals surface area contributed by atoms with Gasteiger partial charge in [-0.1, -0.05) is 40.5 Å². The summed E-state index contributed by atoms with van der Waals surface area (Å²) in [6.07, 6.45) is 25.3. The Morgan fingerprint density at radius 1 is 0.550 bits per heavy atom. The predicted molar refractivity (Wildman–Crippen MR) is 163 cm³/mol. The normalized spacial score (nSPS) is 62.9. The minimum Gasteiger partial charge on any atom is -0.393 e. The van der Waals surface area contributed by atoms with E-state index in [1.54, 1.807) is 0 Å². The molecule has 2 heteroatoms. The first-order valence-electron chi connectivity index (χ1n) is 18.4. The fourth-order valence-corrected chi connectivity index (χ4v) is 16.0. The molecule has 0 amide bonds. The van der Waals surface area contributed by atoms with Gasteiger partial charge in [0.15, 0.2) is 0 Å². The highest BCUT2D eigenvalue weighted by molar-refractivity contribution is 5.20.